The first-order chi connectivity index (χ1) is 20.4. The van der Waals surface area contributed by atoms with Gasteiger partial charge < -0.3 is 20.9 Å². The number of fused-ring (bicyclic) bond motifs is 3. The number of benzene rings is 2. The van der Waals surface area contributed by atoms with Gasteiger partial charge in [0, 0.05) is 31.3 Å². The minimum atomic E-state index is -0.791. The van der Waals surface area contributed by atoms with Crippen molar-refractivity contribution in [1.82, 2.24) is 36.0 Å². The molecule has 216 valence electrons. The number of carbonyl (C=O) groups excluding carboxylic acids is 3. The van der Waals surface area contributed by atoms with Crippen molar-refractivity contribution in [2.45, 2.75) is 49.6 Å². The molecule has 2 aromatic carbocycles. The van der Waals surface area contributed by atoms with Crippen LogP contribution in [0.4, 0.5) is 0 Å². The molecule has 11 nitrogen and oxygen atoms in total. The van der Waals surface area contributed by atoms with Crippen molar-refractivity contribution in [1.29, 1.82) is 5.26 Å². The number of nitrogens with one attached hydrogen (secondary N) is 4. The smallest absolute Gasteiger partial charge is 0.251 e. The fourth-order valence-electron chi connectivity index (χ4n) is 6.97. The standard InChI is InChI=1S/C31H34N8O3/c1-33-28(41)20-5-7-24-18(11-20)3-4-19-12-21(29(42)34-2)6-8-25(19)31(24,30-36-17-37-38-30)9-10-35-16-27(40)39-23(15-32)13-22-14-26(22)39/h5-8,11-12,17,22-23,26,35H,3-4,9-10,13-14,16H2,1-2H3,(H,33,41)(H,34,42)(H,36,37,38)/t22-,23?,26+/m1/s1. The summed E-state index contributed by atoms with van der Waals surface area (Å²) in [5.74, 6) is 0.731. The lowest BCUT2D eigenvalue weighted by Crippen LogP contribution is -2.44. The van der Waals surface area contributed by atoms with Crippen molar-refractivity contribution in [2.75, 3.05) is 27.2 Å². The number of nitrogens with zero attached hydrogens (tertiary/aromatic N) is 4. The van der Waals surface area contributed by atoms with E-state index in [1.54, 1.807) is 19.0 Å². The lowest BCUT2D eigenvalue weighted by Gasteiger charge is -2.35. The number of nitriles is 1. The highest BCUT2D eigenvalue weighted by atomic mass is 16.2. The zero-order valence-electron chi connectivity index (χ0n) is 23.7. The third-order valence-electron chi connectivity index (χ3n) is 9.09. The molecule has 2 aliphatic carbocycles. The summed E-state index contributed by atoms with van der Waals surface area (Å²) >= 11 is 0. The molecule has 6 rings (SSSR count). The molecule has 11 heteroatoms. The van der Waals surface area contributed by atoms with Gasteiger partial charge in [-0.1, -0.05) is 12.1 Å². The van der Waals surface area contributed by atoms with Gasteiger partial charge in [0.2, 0.25) is 5.91 Å². The molecule has 1 aliphatic heterocycles. The number of hydrogen-bond acceptors (Lipinski definition) is 7. The van der Waals surface area contributed by atoms with Crippen molar-refractivity contribution in [3.05, 3.63) is 81.9 Å². The number of piperidine rings is 1. The number of aromatic nitrogens is 3. The fraction of sp³-hybridized carbons (Fsp3) is 0.419. The van der Waals surface area contributed by atoms with E-state index in [4.69, 9.17) is 0 Å². The Morgan fingerprint density at radius 2 is 1.67 bits per heavy atom. The molecule has 0 radical (unpaired) electrons. The second kappa shape index (κ2) is 11.0. The summed E-state index contributed by atoms with van der Waals surface area (Å²) < 4.78 is 0. The second-order valence-corrected chi connectivity index (χ2v) is 11.3. The van der Waals surface area contributed by atoms with Gasteiger partial charge in [0.1, 0.15) is 18.2 Å². The van der Waals surface area contributed by atoms with Crippen molar-refractivity contribution in [3.63, 3.8) is 0 Å². The van der Waals surface area contributed by atoms with Crippen molar-refractivity contribution < 1.29 is 14.4 Å². The number of amides is 3. The monoisotopic (exact) mass is 566 g/mol. The maximum Gasteiger partial charge on any atom is 0.251 e. The largest absolute Gasteiger partial charge is 0.355 e. The third kappa shape index (κ3) is 4.61. The van der Waals surface area contributed by atoms with E-state index < -0.39 is 5.41 Å². The Bertz CT molecular complexity index is 1510. The molecule has 3 aromatic rings. The molecule has 42 heavy (non-hydrogen) atoms. The highest BCUT2D eigenvalue weighted by Crippen LogP contribution is 2.48. The molecule has 1 unspecified atom stereocenters. The molecule has 3 aliphatic rings. The Hall–Kier alpha value is -4.56. The lowest BCUT2D eigenvalue weighted by atomic mass is 9.69. The van der Waals surface area contributed by atoms with Crippen LogP contribution in [0.25, 0.3) is 0 Å². The van der Waals surface area contributed by atoms with Crippen molar-refractivity contribution in [3.8, 4) is 6.07 Å². The molecule has 2 fully saturated rings. The van der Waals surface area contributed by atoms with Gasteiger partial charge in [-0.05, 0) is 91.1 Å². The van der Waals surface area contributed by atoms with E-state index in [0.717, 1.165) is 35.1 Å². The van der Waals surface area contributed by atoms with Crippen LogP contribution in [0.15, 0.2) is 42.7 Å². The minimum Gasteiger partial charge on any atom is -0.355 e. The summed E-state index contributed by atoms with van der Waals surface area (Å²) in [7, 11) is 3.22. The van der Waals surface area contributed by atoms with Crippen LogP contribution in [-0.2, 0) is 23.1 Å². The summed E-state index contributed by atoms with van der Waals surface area (Å²) in [6.45, 7) is 0.609. The summed E-state index contributed by atoms with van der Waals surface area (Å²) in [6, 6.07) is 13.6. The van der Waals surface area contributed by atoms with Gasteiger partial charge in [0.05, 0.1) is 18.0 Å². The molecule has 0 bridgehead atoms. The van der Waals surface area contributed by atoms with Crippen molar-refractivity contribution in [2.24, 2.45) is 5.92 Å². The summed E-state index contributed by atoms with van der Waals surface area (Å²) in [5, 5.41) is 25.6. The highest BCUT2D eigenvalue weighted by Gasteiger charge is 2.54. The average molecular weight is 567 g/mol. The molecular formula is C31H34N8O3. The zero-order valence-corrected chi connectivity index (χ0v) is 23.7. The van der Waals surface area contributed by atoms with Gasteiger partial charge in [-0.25, -0.2) is 4.98 Å². The van der Waals surface area contributed by atoms with Crippen molar-refractivity contribution >= 4 is 17.7 Å². The molecule has 2 heterocycles. The molecule has 1 saturated carbocycles. The normalized spacial score (nSPS) is 21.3. The third-order valence-corrected chi connectivity index (χ3v) is 9.09. The molecule has 1 saturated heterocycles. The van der Waals surface area contributed by atoms with E-state index in [-0.39, 0.29) is 36.3 Å². The molecule has 1 aromatic heterocycles. The van der Waals surface area contributed by atoms with Gasteiger partial charge in [0.25, 0.3) is 11.8 Å². The highest BCUT2D eigenvalue weighted by molar-refractivity contribution is 5.95. The maximum absolute atomic E-state index is 13.1. The molecule has 3 amide bonds. The average Bonchev–Trinajstić information content (AvgIpc) is 3.40. The van der Waals surface area contributed by atoms with Crippen LogP contribution >= 0.6 is 0 Å². The predicted molar refractivity (Wildman–Crippen MR) is 154 cm³/mol. The first-order valence-electron chi connectivity index (χ1n) is 14.4. The fourth-order valence-corrected chi connectivity index (χ4v) is 6.97. The van der Waals surface area contributed by atoms with Crippen LogP contribution in [-0.4, -0.2) is 77.1 Å². The predicted octanol–water partition coefficient (Wildman–Crippen LogP) is 1.45. The number of hydrogen-bond donors (Lipinski definition) is 4. The summed E-state index contributed by atoms with van der Waals surface area (Å²) in [5.41, 5.74) is 4.36. The van der Waals surface area contributed by atoms with Gasteiger partial charge in [0.15, 0.2) is 0 Å². The molecule has 0 spiro atoms. The van der Waals surface area contributed by atoms with Gasteiger partial charge >= 0.3 is 0 Å². The number of rotatable bonds is 8. The van der Waals surface area contributed by atoms with Gasteiger partial charge in [-0.15, -0.1) is 0 Å². The first-order valence-corrected chi connectivity index (χ1v) is 14.4. The van der Waals surface area contributed by atoms with Gasteiger partial charge in [-0.2, -0.15) is 10.4 Å². The van der Waals surface area contributed by atoms with E-state index in [0.29, 0.717) is 48.7 Å². The second-order valence-electron chi connectivity index (χ2n) is 11.3. The first kappa shape index (κ1) is 27.6. The number of aryl methyl sites for hydroxylation is 2. The van der Waals surface area contributed by atoms with Gasteiger partial charge in [-0.3, -0.25) is 19.5 Å². The molecule has 3 atom stereocenters. The Balaban J connectivity index is 1.38. The Labute approximate surface area is 244 Å². The van der Waals surface area contributed by atoms with Crippen LogP contribution in [0.2, 0.25) is 0 Å². The lowest BCUT2D eigenvalue weighted by molar-refractivity contribution is -0.131. The quantitative estimate of drug-likeness (QED) is 0.301. The maximum atomic E-state index is 13.1. The summed E-state index contributed by atoms with van der Waals surface area (Å²) in [4.78, 5) is 44.6. The van der Waals surface area contributed by atoms with E-state index in [1.165, 1.54) is 6.33 Å². The van der Waals surface area contributed by atoms with E-state index >= 15 is 0 Å². The van der Waals surface area contributed by atoms with Crippen LogP contribution in [0, 0.1) is 17.2 Å². The number of likely N-dealkylation sites (tertiary alicyclic amines) is 1. The molecule has 4 N–H and O–H groups in total. The number of H-pyrrole nitrogens is 1. The summed E-state index contributed by atoms with van der Waals surface area (Å²) in [6.07, 6.45) is 5.10. The Morgan fingerprint density at radius 3 is 2.21 bits per heavy atom. The zero-order chi connectivity index (χ0) is 29.4. The Morgan fingerprint density at radius 1 is 1.02 bits per heavy atom. The Kier molecular flexibility index (Phi) is 7.24. The van der Waals surface area contributed by atoms with Crippen LogP contribution in [0.1, 0.15) is 68.1 Å². The minimum absolute atomic E-state index is 0.0487. The molecular weight excluding hydrogens is 532 g/mol. The van der Waals surface area contributed by atoms with Crippen LogP contribution < -0.4 is 16.0 Å². The van der Waals surface area contributed by atoms with E-state index in [1.807, 2.05) is 36.4 Å². The van der Waals surface area contributed by atoms with Crippen LogP contribution in [0.3, 0.4) is 0 Å². The van der Waals surface area contributed by atoms with E-state index in [2.05, 4.69) is 37.2 Å². The number of carbonyl (C=O) groups is 3. The number of aromatic amines is 1. The van der Waals surface area contributed by atoms with Crippen LogP contribution in [0.5, 0.6) is 0 Å². The topological polar surface area (TPSA) is 156 Å². The van der Waals surface area contributed by atoms with E-state index in [9.17, 15) is 19.6 Å². The SMILES string of the molecule is CNC(=O)c1ccc2c(c1)CCc1cc(C(=O)NC)ccc1C2(CCNCC(=O)N1C(C#N)C[C@@H]2C[C@@H]21)c1ncn[nH]1.